The van der Waals surface area contributed by atoms with Gasteiger partial charge in [0.2, 0.25) is 11.8 Å². The number of hydrogen-bond acceptors (Lipinski definition) is 10. The van der Waals surface area contributed by atoms with Crippen LogP contribution in [0, 0.1) is 11.8 Å². The van der Waals surface area contributed by atoms with Crippen molar-refractivity contribution in [3.63, 3.8) is 0 Å². The van der Waals surface area contributed by atoms with Crippen molar-refractivity contribution in [1.29, 1.82) is 0 Å². The van der Waals surface area contributed by atoms with Crippen LogP contribution in [0.15, 0.2) is 78.9 Å². The summed E-state index contributed by atoms with van der Waals surface area (Å²) in [5.41, 5.74) is 9.73. The number of piperazine rings is 1. The van der Waals surface area contributed by atoms with Gasteiger partial charge in [0.05, 0.1) is 6.04 Å². The minimum atomic E-state index is -0.508. The van der Waals surface area contributed by atoms with E-state index in [4.69, 9.17) is 15.6 Å². The number of fused-ring (bicyclic) bond motifs is 1. The number of piperidine rings is 2. The zero-order valence-corrected chi connectivity index (χ0v) is 35.4. The molecule has 9 rings (SSSR count). The van der Waals surface area contributed by atoms with Crippen LogP contribution in [0.5, 0.6) is 11.5 Å². The summed E-state index contributed by atoms with van der Waals surface area (Å²) in [5.74, 6) is 2.66. The van der Waals surface area contributed by atoms with Gasteiger partial charge < -0.3 is 30.5 Å². The van der Waals surface area contributed by atoms with E-state index in [1.54, 1.807) is 4.90 Å². The van der Waals surface area contributed by atoms with Crippen molar-refractivity contribution in [3.05, 3.63) is 84.4 Å². The second-order valence-corrected chi connectivity index (χ2v) is 17.4. The number of benzene rings is 3. The molecule has 15 nitrogen and oxygen atoms in total. The number of hydrogen-bond donors (Lipinski definition) is 3. The molecule has 4 N–H and O–H groups in total. The molecule has 3 aromatic carbocycles. The van der Waals surface area contributed by atoms with Crippen molar-refractivity contribution < 1.29 is 23.9 Å². The van der Waals surface area contributed by atoms with Crippen molar-refractivity contribution in [2.24, 2.45) is 17.6 Å². The molecule has 0 radical (unpaired) electrons. The van der Waals surface area contributed by atoms with Gasteiger partial charge in [-0.1, -0.05) is 18.2 Å². The van der Waals surface area contributed by atoms with Crippen LogP contribution in [0.3, 0.4) is 0 Å². The summed E-state index contributed by atoms with van der Waals surface area (Å²) >= 11 is 0. The number of anilines is 3. The molecule has 6 heterocycles. The second-order valence-electron chi connectivity index (χ2n) is 17.4. The van der Waals surface area contributed by atoms with Crippen LogP contribution in [0.25, 0.3) is 11.3 Å². The highest BCUT2D eigenvalue weighted by molar-refractivity contribution is 6.05. The Labute approximate surface area is 363 Å². The van der Waals surface area contributed by atoms with Crippen molar-refractivity contribution in [2.45, 2.75) is 51.0 Å². The topological polar surface area (TPSA) is 162 Å². The van der Waals surface area contributed by atoms with E-state index in [2.05, 4.69) is 42.4 Å². The number of likely N-dealkylation sites (tertiary alicyclic amines) is 2. The predicted octanol–water partition coefficient (Wildman–Crippen LogP) is 5.41. The molecule has 5 aliphatic heterocycles. The molecule has 4 fully saturated rings. The molecule has 0 spiro atoms. The first kappa shape index (κ1) is 41.4. The van der Waals surface area contributed by atoms with Crippen LogP contribution in [0.4, 0.5) is 22.0 Å². The Hall–Kier alpha value is -5.93. The molecule has 0 saturated carbocycles. The van der Waals surface area contributed by atoms with Gasteiger partial charge in [0.15, 0.2) is 0 Å². The van der Waals surface area contributed by atoms with Crippen molar-refractivity contribution in [3.8, 4) is 22.8 Å². The highest BCUT2D eigenvalue weighted by Gasteiger charge is 2.36. The lowest BCUT2D eigenvalue weighted by molar-refractivity contribution is -0.133. The third kappa shape index (κ3) is 9.28. The van der Waals surface area contributed by atoms with Crippen LogP contribution in [0.2, 0.25) is 0 Å². The quantitative estimate of drug-likeness (QED) is 0.168. The van der Waals surface area contributed by atoms with Gasteiger partial charge in [-0.25, -0.2) is 9.48 Å². The Morgan fingerprint density at radius 3 is 2.13 bits per heavy atom. The molecule has 5 aliphatic rings. The largest absolute Gasteiger partial charge is 0.457 e. The van der Waals surface area contributed by atoms with Gasteiger partial charge in [0.25, 0.3) is 5.91 Å². The predicted molar refractivity (Wildman–Crippen MR) is 239 cm³/mol. The number of rotatable bonds is 12. The number of nitrogens with one attached hydrogen (secondary N) is 2. The molecule has 0 aliphatic carbocycles. The van der Waals surface area contributed by atoms with Crippen LogP contribution in [0.1, 0.15) is 61.3 Å². The van der Waals surface area contributed by atoms with E-state index in [1.165, 1.54) is 0 Å². The summed E-state index contributed by atoms with van der Waals surface area (Å²) in [4.78, 5) is 61.2. The maximum absolute atomic E-state index is 13.5. The second kappa shape index (κ2) is 18.6. The lowest BCUT2D eigenvalue weighted by Crippen LogP contribution is -2.49. The number of para-hydroxylation sites is 1. The SMILES string of the molecule is NC(=O)c1c(-c2ccc(Oc3ccccc3)cc2)nn2c1NCCC2C1CCN(C(=O)CCN2CCC(CN3CCN(c4ccc(N5CCC(=O)NC5=O)cc4)CC3)CC2)CC1. The molecule has 62 heavy (non-hydrogen) atoms. The maximum atomic E-state index is 13.5. The molecular weight excluding hydrogens is 785 g/mol. The van der Waals surface area contributed by atoms with Gasteiger partial charge in [-0.15, -0.1) is 0 Å². The summed E-state index contributed by atoms with van der Waals surface area (Å²) < 4.78 is 7.97. The molecule has 326 valence electrons. The normalized spacial score (nSPS) is 20.7. The van der Waals surface area contributed by atoms with E-state index in [1.807, 2.05) is 71.4 Å². The van der Waals surface area contributed by atoms with Gasteiger partial charge in [-0.3, -0.25) is 29.5 Å². The lowest BCUT2D eigenvalue weighted by Gasteiger charge is -2.40. The first-order valence-corrected chi connectivity index (χ1v) is 22.4. The first-order chi connectivity index (χ1) is 30.3. The average Bonchev–Trinajstić information content (AvgIpc) is 3.70. The molecule has 4 aromatic rings. The smallest absolute Gasteiger partial charge is 0.328 e. The Morgan fingerprint density at radius 1 is 0.742 bits per heavy atom. The third-order valence-corrected chi connectivity index (χ3v) is 13.6. The van der Waals surface area contributed by atoms with Crippen LogP contribution >= 0.6 is 0 Å². The van der Waals surface area contributed by atoms with E-state index >= 15 is 0 Å². The van der Waals surface area contributed by atoms with Crippen LogP contribution < -0.4 is 30.9 Å². The zero-order chi connectivity index (χ0) is 42.6. The monoisotopic (exact) mass is 842 g/mol. The van der Waals surface area contributed by atoms with Crippen molar-refractivity contribution in [2.75, 3.05) is 93.7 Å². The lowest BCUT2D eigenvalue weighted by atomic mass is 9.86. The summed E-state index contributed by atoms with van der Waals surface area (Å²) in [6, 6.07) is 25.1. The number of urea groups is 1. The van der Waals surface area contributed by atoms with E-state index in [-0.39, 0.29) is 23.9 Å². The molecular formula is C47H58N10O5. The number of carbonyl (C=O) groups is 4. The van der Waals surface area contributed by atoms with E-state index < -0.39 is 5.91 Å². The zero-order valence-electron chi connectivity index (χ0n) is 35.4. The first-order valence-electron chi connectivity index (χ1n) is 22.4. The highest BCUT2D eigenvalue weighted by Crippen LogP contribution is 2.40. The Morgan fingerprint density at radius 2 is 1.44 bits per heavy atom. The highest BCUT2D eigenvalue weighted by atomic mass is 16.5. The number of carbonyl (C=O) groups excluding carboxylic acids is 4. The minimum Gasteiger partial charge on any atom is -0.457 e. The van der Waals surface area contributed by atoms with Gasteiger partial charge in [-0.2, -0.15) is 5.10 Å². The average molecular weight is 843 g/mol. The Bertz CT molecular complexity index is 2210. The summed E-state index contributed by atoms with van der Waals surface area (Å²) in [7, 11) is 0. The number of amides is 5. The standard InChI is InChI=1S/C47H58N10O5/c48-45(60)43-44(35-6-12-39(13-7-35)62-38-4-2-1-3-5-38)51-57-40(14-21-49-46(43)57)34-17-25-55(26-18-34)42(59)20-24-52-22-15-33(16-23-52)32-53-28-30-54(31-29-53)36-8-10-37(11-9-36)56-27-19-41(58)50-47(56)61/h1-13,33-34,40,49H,14-32H2,(H2,48,60)(H,50,58,61). The molecule has 5 amide bonds. The number of imide groups is 1. The van der Waals surface area contributed by atoms with Gasteiger partial charge in [0.1, 0.15) is 28.6 Å². The third-order valence-electron chi connectivity index (χ3n) is 13.6. The van der Waals surface area contributed by atoms with E-state index in [0.29, 0.717) is 54.0 Å². The van der Waals surface area contributed by atoms with E-state index in [0.717, 1.165) is 127 Å². The fourth-order valence-electron chi connectivity index (χ4n) is 10.0. The fourth-order valence-corrected chi connectivity index (χ4v) is 10.0. The Balaban J connectivity index is 0.701. The summed E-state index contributed by atoms with van der Waals surface area (Å²) in [6.45, 7) is 10.6. The molecule has 0 bridgehead atoms. The maximum Gasteiger partial charge on any atom is 0.328 e. The van der Waals surface area contributed by atoms with Crippen LogP contribution in [-0.2, 0) is 9.59 Å². The van der Waals surface area contributed by atoms with Gasteiger partial charge >= 0.3 is 6.03 Å². The van der Waals surface area contributed by atoms with E-state index in [9.17, 15) is 19.2 Å². The molecule has 1 atom stereocenters. The van der Waals surface area contributed by atoms with Crippen LogP contribution in [-0.4, -0.2) is 127 Å². The number of nitrogens with two attached hydrogens (primary N) is 1. The molecule has 1 aromatic heterocycles. The van der Waals surface area contributed by atoms with Crippen molar-refractivity contribution >= 4 is 40.9 Å². The number of aromatic nitrogens is 2. The number of nitrogens with zero attached hydrogens (tertiary/aromatic N) is 7. The summed E-state index contributed by atoms with van der Waals surface area (Å²) in [6.07, 6.45) is 5.89. The molecule has 15 heteroatoms. The summed E-state index contributed by atoms with van der Waals surface area (Å²) in [5, 5.41) is 10.8. The Kier molecular flexibility index (Phi) is 12.4. The van der Waals surface area contributed by atoms with Gasteiger partial charge in [-0.05, 0) is 118 Å². The van der Waals surface area contributed by atoms with Gasteiger partial charge in [0, 0.05) is 95.2 Å². The molecule has 1 unspecified atom stereocenters. The minimum absolute atomic E-state index is 0.116. The molecule has 4 saturated heterocycles. The number of primary amides is 1. The van der Waals surface area contributed by atoms with Crippen molar-refractivity contribution in [1.82, 2.24) is 29.8 Å². The number of ether oxygens (including phenoxy) is 1. The fraction of sp³-hybridized carbons (Fsp3) is 0.468.